The van der Waals surface area contributed by atoms with Gasteiger partial charge in [-0.1, -0.05) is 25.1 Å². The summed E-state index contributed by atoms with van der Waals surface area (Å²) in [4.78, 5) is 22.4. The monoisotopic (exact) mass is 355 g/mol. The smallest absolute Gasteiger partial charge is 0.229 e. The number of thiazole rings is 1. The fourth-order valence-electron chi connectivity index (χ4n) is 3.29. The first-order chi connectivity index (χ1) is 12.3. The number of hydrogen-bond acceptors (Lipinski definition) is 4. The minimum Gasteiger partial charge on any atom is -0.378 e. The molecule has 0 atom stereocenters. The zero-order valence-electron chi connectivity index (χ0n) is 14.2. The molecule has 1 aliphatic rings. The summed E-state index contributed by atoms with van der Waals surface area (Å²) in [7, 11) is 0. The van der Waals surface area contributed by atoms with E-state index in [0.29, 0.717) is 32.7 Å². The number of rotatable bonds is 4. The van der Waals surface area contributed by atoms with Crippen LogP contribution in [0.4, 0.5) is 0 Å². The molecule has 3 aromatic rings. The Labute approximate surface area is 150 Å². The van der Waals surface area contributed by atoms with E-state index >= 15 is 0 Å². The third-order valence-corrected chi connectivity index (χ3v) is 5.53. The summed E-state index contributed by atoms with van der Waals surface area (Å²) >= 11 is 1.55. The van der Waals surface area contributed by atoms with Crippen molar-refractivity contribution in [2.75, 3.05) is 26.3 Å². The fourth-order valence-corrected chi connectivity index (χ4v) is 4.08. The zero-order chi connectivity index (χ0) is 17.2. The number of hydrogen-bond donors (Lipinski definition) is 1. The van der Waals surface area contributed by atoms with E-state index in [2.05, 4.69) is 30.1 Å². The van der Waals surface area contributed by atoms with Gasteiger partial charge in [0, 0.05) is 41.1 Å². The van der Waals surface area contributed by atoms with Crippen molar-refractivity contribution in [3.8, 4) is 11.3 Å². The normalized spacial score (nSPS) is 15.0. The highest BCUT2D eigenvalue weighted by atomic mass is 32.1. The van der Waals surface area contributed by atoms with Crippen molar-refractivity contribution in [2.24, 2.45) is 0 Å². The summed E-state index contributed by atoms with van der Waals surface area (Å²) in [6.07, 6.45) is 3.38. The Kier molecular flexibility index (Phi) is 4.55. The van der Waals surface area contributed by atoms with E-state index in [9.17, 15) is 4.79 Å². The van der Waals surface area contributed by atoms with Crippen molar-refractivity contribution in [1.82, 2.24) is 14.9 Å². The van der Waals surface area contributed by atoms with Crippen molar-refractivity contribution in [3.63, 3.8) is 0 Å². The predicted octanol–water partition coefficient (Wildman–Crippen LogP) is 3.26. The maximum Gasteiger partial charge on any atom is 0.229 e. The number of aromatic amines is 1. The van der Waals surface area contributed by atoms with Gasteiger partial charge in [-0.2, -0.15) is 0 Å². The SMILES string of the molecule is CCc1cccc2c(-c3csc(CC(=O)N4CCOCC4)n3)c[nH]c12. The number of aryl methyl sites for hydroxylation is 1. The molecule has 1 aliphatic heterocycles. The molecular formula is C19H21N3O2S. The third-order valence-electron chi connectivity index (χ3n) is 4.68. The molecule has 0 bridgehead atoms. The van der Waals surface area contributed by atoms with Crippen LogP contribution in [0, 0.1) is 0 Å². The van der Waals surface area contributed by atoms with Crippen LogP contribution in [-0.2, 0) is 22.4 Å². The fraction of sp³-hybridized carbons (Fsp3) is 0.368. The van der Waals surface area contributed by atoms with E-state index in [4.69, 9.17) is 9.72 Å². The van der Waals surface area contributed by atoms with E-state index < -0.39 is 0 Å². The van der Waals surface area contributed by atoms with Crippen LogP contribution < -0.4 is 0 Å². The molecule has 2 aromatic heterocycles. The van der Waals surface area contributed by atoms with Gasteiger partial charge in [0.05, 0.1) is 25.3 Å². The molecular weight excluding hydrogens is 334 g/mol. The number of ether oxygens (including phenoxy) is 1. The molecule has 6 heteroatoms. The number of H-pyrrole nitrogens is 1. The Morgan fingerprint density at radius 1 is 1.36 bits per heavy atom. The van der Waals surface area contributed by atoms with Crippen molar-refractivity contribution >= 4 is 28.1 Å². The Morgan fingerprint density at radius 3 is 3.00 bits per heavy atom. The van der Waals surface area contributed by atoms with Crippen LogP contribution in [-0.4, -0.2) is 47.1 Å². The Morgan fingerprint density at radius 2 is 2.20 bits per heavy atom. The highest BCUT2D eigenvalue weighted by molar-refractivity contribution is 7.10. The number of benzene rings is 1. The van der Waals surface area contributed by atoms with E-state index in [1.807, 2.05) is 16.5 Å². The van der Waals surface area contributed by atoms with E-state index in [1.54, 1.807) is 11.3 Å². The highest BCUT2D eigenvalue weighted by Gasteiger charge is 2.19. The second-order valence-electron chi connectivity index (χ2n) is 6.19. The van der Waals surface area contributed by atoms with Crippen LogP contribution in [0.5, 0.6) is 0 Å². The number of fused-ring (bicyclic) bond motifs is 1. The van der Waals surface area contributed by atoms with Crippen LogP contribution in [0.15, 0.2) is 29.8 Å². The van der Waals surface area contributed by atoms with Crippen molar-refractivity contribution < 1.29 is 9.53 Å². The van der Waals surface area contributed by atoms with Gasteiger partial charge in [-0.3, -0.25) is 4.79 Å². The van der Waals surface area contributed by atoms with Gasteiger partial charge in [0.25, 0.3) is 0 Å². The number of nitrogens with one attached hydrogen (secondary N) is 1. The molecule has 5 nitrogen and oxygen atoms in total. The number of carbonyl (C=O) groups is 1. The molecule has 1 fully saturated rings. The van der Waals surface area contributed by atoms with Crippen molar-refractivity contribution in [2.45, 2.75) is 19.8 Å². The molecule has 0 unspecified atom stereocenters. The van der Waals surface area contributed by atoms with Crippen LogP contribution in [0.1, 0.15) is 17.5 Å². The molecule has 4 rings (SSSR count). The minimum atomic E-state index is 0.136. The quantitative estimate of drug-likeness (QED) is 0.781. The predicted molar refractivity (Wildman–Crippen MR) is 99.9 cm³/mol. The van der Waals surface area contributed by atoms with Gasteiger partial charge >= 0.3 is 0 Å². The molecule has 0 aliphatic carbocycles. The number of carbonyl (C=O) groups excluding carboxylic acids is 1. The second-order valence-corrected chi connectivity index (χ2v) is 7.13. The topological polar surface area (TPSA) is 58.2 Å². The van der Waals surface area contributed by atoms with Gasteiger partial charge in [0.2, 0.25) is 5.91 Å². The molecule has 3 heterocycles. The lowest BCUT2D eigenvalue weighted by Crippen LogP contribution is -2.41. The average molecular weight is 355 g/mol. The molecule has 0 radical (unpaired) electrons. The molecule has 0 saturated carbocycles. The van der Waals surface area contributed by atoms with Gasteiger partial charge in [0.15, 0.2) is 0 Å². The maximum atomic E-state index is 12.4. The van der Waals surface area contributed by atoms with E-state index in [0.717, 1.165) is 22.7 Å². The molecule has 1 aromatic carbocycles. The van der Waals surface area contributed by atoms with Gasteiger partial charge in [-0.25, -0.2) is 4.98 Å². The summed E-state index contributed by atoms with van der Waals surface area (Å²) in [6.45, 7) is 4.78. The summed E-state index contributed by atoms with van der Waals surface area (Å²) in [5, 5.41) is 4.10. The number of amides is 1. The second kappa shape index (κ2) is 6.98. The highest BCUT2D eigenvalue weighted by Crippen LogP contribution is 2.31. The Bertz CT molecular complexity index is 893. The number of morpholine rings is 1. The first-order valence-corrected chi connectivity index (χ1v) is 9.53. The van der Waals surface area contributed by atoms with Crippen molar-refractivity contribution in [3.05, 3.63) is 40.3 Å². The Hall–Kier alpha value is -2.18. The van der Waals surface area contributed by atoms with Gasteiger partial charge in [-0.15, -0.1) is 11.3 Å². The number of para-hydroxylation sites is 1. The molecule has 1 saturated heterocycles. The summed E-state index contributed by atoms with van der Waals surface area (Å²) in [5.74, 6) is 0.136. The molecule has 25 heavy (non-hydrogen) atoms. The van der Waals surface area contributed by atoms with Crippen LogP contribution in [0.3, 0.4) is 0 Å². The lowest BCUT2D eigenvalue weighted by Gasteiger charge is -2.26. The lowest BCUT2D eigenvalue weighted by molar-refractivity contribution is -0.134. The first kappa shape index (κ1) is 16.3. The molecule has 1 N–H and O–H groups in total. The van der Waals surface area contributed by atoms with Crippen LogP contribution >= 0.6 is 11.3 Å². The van der Waals surface area contributed by atoms with E-state index in [-0.39, 0.29) is 5.91 Å². The molecule has 0 spiro atoms. The lowest BCUT2D eigenvalue weighted by atomic mass is 10.1. The first-order valence-electron chi connectivity index (χ1n) is 8.65. The van der Waals surface area contributed by atoms with Gasteiger partial charge < -0.3 is 14.6 Å². The van der Waals surface area contributed by atoms with E-state index in [1.165, 1.54) is 16.5 Å². The standard InChI is InChI=1S/C19H21N3O2S/c1-2-13-4-3-5-14-15(11-20-19(13)14)16-12-25-17(21-16)10-18(23)22-6-8-24-9-7-22/h3-5,11-12,20H,2,6-10H2,1H3. The van der Waals surface area contributed by atoms with Gasteiger partial charge in [-0.05, 0) is 12.0 Å². The average Bonchev–Trinajstić information content (AvgIpc) is 3.28. The summed E-state index contributed by atoms with van der Waals surface area (Å²) in [5.41, 5.74) is 4.53. The summed E-state index contributed by atoms with van der Waals surface area (Å²) < 4.78 is 5.30. The third kappa shape index (κ3) is 3.19. The number of nitrogens with zero attached hydrogens (tertiary/aromatic N) is 2. The molecule has 130 valence electrons. The minimum absolute atomic E-state index is 0.136. The molecule has 1 amide bonds. The Balaban J connectivity index is 1.56. The van der Waals surface area contributed by atoms with Crippen LogP contribution in [0.2, 0.25) is 0 Å². The largest absolute Gasteiger partial charge is 0.378 e. The van der Waals surface area contributed by atoms with Gasteiger partial charge in [0.1, 0.15) is 5.01 Å². The number of aromatic nitrogens is 2. The maximum absolute atomic E-state index is 12.4. The van der Waals surface area contributed by atoms with Crippen LogP contribution in [0.25, 0.3) is 22.2 Å². The summed E-state index contributed by atoms with van der Waals surface area (Å²) in [6, 6.07) is 6.36. The zero-order valence-corrected chi connectivity index (χ0v) is 15.1. The van der Waals surface area contributed by atoms with Crippen molar-refractivity contribution in [1.29, 1.82) is 0 Å².